The van der Waals surface area contributed by atoms with Crippen molar-refractivity contribution in [3.05, 3.63) is 29.0 Å². The molecule has 0 amide bonds. The summed E-state index contributed by atoms with van der Waals surface area (Å²) in [6, 6.07) is 5.61. The van der Waals surface area contributed by atoms with Gasteiger partial charge in [0.25, 0.3) is 0 Å². The fourth-order valence-corrected chi connectivity index (χ4v) is 1.96. The van der Waals surface area contributed by atoms with Gasteiger partial charge in [0.05, 0.1) is 6.61 Å². The number of ether oxygens (including phenoxy) is 1. The Bertz CT molecular complexity index is 512. The Morgan fingerprint density at radius 2 is 2.29 bits per heavy atom. The number of anilines is 1. The molecule has 0 radical (unpaired) electrons. The van der Waals surface area contributed by atoms with Crippen LogP contribution in [-0.2, 0) is 11.3 Å². The molecule has 0 bridgehead atoms. The van der Waals surface area contributed by atoms with E-state index in [1.807, 2.05) is 22.8 Å². The maximum Gasteiger partial charge on any atom is 0.165 e. The molecule has 1 aromatic carbocycles. The van der Waals surface area contributed by atoms with Gasteiger partial charge < -0.3 is 15.0 Å². The number of methoxy groups -OCH3 is 1. The molecule has 0 aliphatic rings. The lowest BCUT2D eigenvalue weighted by Gasteiger charge is -2.08. The van der Waals surface area contributed by atoms with Crippen LogP contribution in [-0.4, -0.2) is 28.5 Å². The Balaban J connectivity index is 2.38. The summed E-state index contributed by atoms with van der Waals surface area (Å²) in [7, 11) is 1.67. The van der Waals surface area contributed by atoms with Gasteiger partial charge in [-0.2, -0.15) is 0 Å². The van der Waals surface area contributed by atoms with Crippen molar-refractivity contribution < 1.29 is 4.74 Å². The second-order valence-electron chi connectivity index (χ2n) is 3.58. The molecule has 0 aliphatic heterocycles. The van der Waals surface area contributed by atoms with Crippen LogP contribution in [0.15, 0.2) is 29.0 Å². The van der Waals surface area contributed by atoms with E-state index in [0.29, 0.717) is 18.8 Å². The number of aromatic nitrogens is 3. The molecule has 5 nitrogen and oxygen atoms in total. The Labute approximate surface area is 108 Å². The Hall–Kier alpha value is -1.40. The zero-order valence-corrected chi connectivity index (χ0v) is 11.0. The van der Waals surface area contributed by atoms with Gasteiger partial charge in [0.2, 0.25) is 0 Å². The fraction of sp³-hybridized carbons (Fsp3) is 0.273. The molecule has 0 fully saturated rings. The zero-order valence-electron chi connectivity index (χ0n) is 9.43. The van der Waals surface area contributed by atoms with E-state index in [1.165, 1.54) is 0 Å². The molecule has 0 saturated heterocycles. The van der Waals surface area contributed by atoms with Gasteiger partial charge in [0.15, 0.2) is 5.82 Å². The van der Waals surface area contributed by atoms with E-state index in [4.69, 9.17) is 10.5 Å². The molecule has 0 aliphatic carbocycles. The highest BCUT2D eigenvalue weighted by Crippen LogP contribution is 2.28. The lowest BCUT2D eigenvalue weighted by molar-refractivity contribution is 0.187. The molecule has 0 saturated carbocycles. The smallest absolute Gasteiger partial charge is 0.165 e. The molecular formula is C11H13BrN4O. The van der Waals surface area contributed by atoms with E-state index >= 15 is 0 Å². The molecule has 6 heteroatoms. The van der Waals surface area contributed by atoms with Gasteiger partial charge in [-0.05, 0) is 18.2 Å². The largest absolute Gasteiger partial charge is 0.399 e. The number of hydrogen-bond donors (Lipinski definition) is 1. The third-order valence-corrected chi connectivity index (χ3v) is 3.07. The highest BCUT2D eigenvalue weighted by atomic mass is 79.9. The number of nitrogens with zero attached hydrogens (tertiary/aromatic N) is 3. The first-order valence-electron chi connectivity index (χ1n) is 5.14. The monoisotopic (exact) mass is 296 g/mol. The van der Waals surface area contributed by atoms with E-state index in [2.05, 4.69) is 26.1 Å². The number of rotatable bonds is 4. The van der Waals surface area contributed by atoms with E-state index in [1.54, 1.807) is 13.4 Å². The zero-order chi connectivity index (χ0) is 12.3. The molecule has 90 valence electrons. The maximum atomic E-state index is 5.78. The molecule has 2 N–H and O–H groups in total. The van der Waals surface area contributed by atoms with Gasteiger partial charge in [0.1, 0.15) is 6.33 Å². The summed E-state index contributed by atoms with van der Waals surface area (Å²) in [5.41, 5.74) is 7.41. The summed E-state index contributed by atoms with van der Waals surface area (Å²) in [5.74, 6) is 0.779. The van der Waals surface area contributed by atoms with Crippen LogP contribution in [0.4, 0.5) is 5.69 Å². The summed E-state index contributed by atoms with van der Waals surface area (Å²) >= 11 is 3.49. The number of halogens is 1. The van der Waals surface area contributed by atoms with Crippen molar-refractivity contribution in [1.82, 2.24) is 14.8 Å². The second-order valence-corrected chi connectivity index (χ2v) is 4.43. The fourth-order valence-electron chi connectivity index (χ4n) is 1.53. The average molecular weight is 297 g/mol. The van der Waals surface area contributed by atoms with Crippen LogP contribution in [0.2, 0.25) is 0 Å². The van der Waals surface area contributed by atoms with Crippen molar-refractivity contribution >= 4 is 21.6 Å². The summed E-state index contributed by atoms with van der Waals surface area (Å²) in [6.45, 7) is 1.32. The first kappa shape index (κ1) is 12.1. The van der Waals surface area contributed by atoms with Crippen molar-refractivity contribution in [3.63, 3.8) is 0 Å². The van der Waals surface area contributed by atoms with E-state index < -0.39 is 0 Å². The van der Waals surface area contributed by atoms with Crippen LogP contribution in [0.3, 0.4) is 0 Å². The van der Waals surface area contributed by atoms with E-state index in [-0.39, 0.29) is 0 Å². The molecule has 0 atom stereocenters. The molecule has 2 rings (SSSR count). The quantitative estimate of drug-likeness (QED) is 0.876. The second kappa shape index (κ2) is 5.29. The van der Waals surface area contributed by atoms with Gasteiger partial charge in [-0.1, -0.05) is 15.9 Å². The predicted octanol–water partition coefficient (Wildman–Crippen LogP) is 1.94. The maximum absolute atomic E-state index is 5.78. The van der Waals surface area contributed by atoms with Crippen LogP contribution in [0.5, 0.6) is 0 Å². The van der Waals surface area contributed by atoms with Crippen molar-refractivity contribution in [2.24, 2.45) is 0 Å². The van der Waals surface area contributed by atoms with Gasteiger partial charge in [0, 0.05) is 29.4 Å². The minimum absolute atomic E-state index is 0.616. The molecule has 2 aromatic rings. The average Bonchev–Trinajstić information content (AvgIpc) is 2.77. The normalized spacial score (nSPS) is 10.7. The summed E-state index contributed by atoms with van der Waals surface area (Å²) in [4.78, 5) is 0. The number of nitrogen functional groups attached to an aromatic ring is 1. The third-order valence-electron chi connectivity index (χ3n) is 2.38. The van der Waals surface area contributed by atoms with Gasteiger partial charge in [-0.25, -0.2) is 0 Å². The molecule has 0 unspecified atom stereocenters. The van der Waals surface area contributed by atoms with Crippen molar-refractivity contribution in [2.75, 3.05) is 19.5 Å². The Kier molecular flexibility index (Phi) is 3.75. The van der Waals surface area contributed by atoms with Gasteiger partial charge in [-0.3, -0.25) is 0 Å². The van der Waals surface area contributed by atoms with Gasteiger partial charge in [-0.15, -0.1) is 10.2 Å². The molecule has 1 heterocycles. The van der Waals surface area contributed by atoms with Crippen LogP contribution in [0, 0.1) is 0 Å². The standard InChI is InChI=1S/C11H13BrN4O/c1-17-5-4-16-7-14-15-11(16)9-6-8(13)2-3-10(9)12/h2-3,6-7H,4-5,13H2,1H3. The van der Waals surface area contributed by atoms with Crippen molar-refractivity contribution in [1.29, 1.82) is 0 Å². The summed E-state index contributed by atoms with van der Waals surface area (Å²) in [6.07, 6.45) is 1.68. The number of nitrogens with two attached hydrogens (primary N) is 1. The Morgan fingerprint density at radius 1 is 1.47 bits per heavy atom. The first-order valence-corrected chi connectivity index (χ1v) is 5.94. The minimum atomic E-state index is 0.616. The molecule has 1 aromatic heterocycles. The van der Waals surface area contributed by atoms with Crippen LogP contribution < -0.4 is 5.73 Å². The molecule has 0 spiro atoms. The highest BCUT2D eigenvalue weighted by Gasteiger charge is 2.10. The predicted molar refractivity (Wildman–Crippen MR) is 69.4 cm³/mol. The van der Waals surface area contributed by atoms with Crippen molar-refractivity contribution in [2.45, 2.75) is 6.54 Å². The lowest BCUT2D eigenvalue weighted by Crippen LogP contribution is -2.05. The lowest BCUT2D eigenvalue weighted by atomic mass is 10.2. The van der Waals surface area contributed by atoms with E-state index in [9.17, 15) is 0 Å². The molecular weight excluding hydrogens is 284 g/mol. The first-order chi connectivity index (χ1) is 8.22. The topological polar surface area (TPSA) is 66.0 Å². The van der Waals surface area contributed by atoms with E-state index in [0.717, 1.165) is 15.9 Å². The SMILES string of the molecule is COCCn1cnnc1-c1cc(N)ccc1Br. The molecule has 17 heavy (non-hydrogen) atoms. The Morgan fingerprint density at radius 3 is 3.06 bits per heavy atom. The van der Waals surface area contributed by atoms with Crippen molar-refractivity contribution in [3.8, 4) is 11.4 Å². The third kappa shape index (κ3) is 2.65. The minimum Gasteiger partial charge on any atom is -0.399 e. The summed E-state index contributed by atoms with van der Waals surface area (Å²) in [5, 5.41) is 8.03. The van der Waals surface area contributed by atoms with Gasteiger partial charge >= 0.3 is 0 Å². The van der Waals surface area contributed by atoms with Crippen LogP contribution >= 0.6 is 15.9 Å². The van der Waals surface area contributed by atoms with Crippen LogP contribution in [0.25, 0.3) is 11.4 Å². The highest BCUT2D eigenvalue weighted by molar-refractivity contribution is 9.10. The number of hydrogen-bond acceptors (Lipinski definition) is 4. The number of benzene rings is 1. The van der Waals surface area contributed by atoms with Crippen LogP contribution in [0.1, 0.15) is 0 Å². The summed E-state index contributed by atoms with van der Waals surface area (Å²) < 4.78 is 7.92.